The van der Waals surface area contributed by atoms with Crippen LogP contribution in [0.3, 0.4) is 0 Å². The van der Waals surface area contributed by atoms with Crippen LogP contribution in [0.4, 0.5) is 24.5 Å². The average molecular weight is 622 g/mol. The summed E-state index contributed by atoms with van der Waals surface area (Å²) < 4.78 is 66.5. The number of methoxy groups -OCH3 is 1. The van der Waals surface area contributed by atoms with Crippen LogP contribution >= 0.6 is 11.6 Å². The molecule has 2 aliphatic rings. The number of alkyl halides is 3. The van der Waals surface area contributed by atoms with Crippen LogP contribution in [-0.4, -0.2) is 108 Å². The molecule has 0 aliphatic carbocycles. The molecule has 0 aromatic heterocycles. The number of piperazine rings is 2. The topological polar surface area (TPSA) is 132 Å². The Bertz CT molecular complexity index is 1350. The van der Waals surface area contributed by atoms with E-state index in [2.05, 4.69) is 19.8 Å². The minimum Gasteiger partial charge on any atom is -0.495 e. The number of nitrogens with one attached hydrogen (secondary N) is 2. The number of hydrogen-bond donors (Lipinski definition) is 3. The quantitative estimate of drug-likeness (QED) is 0.445. The van der Waals surface area contributed by atoms with Gasteiger partial charge >= 0.3 is 12.1 Å². The van der Waals surface area contributed by atoms with Gasteiger partial charge in [0, 0.05) is 62.9 Å². The van der Waals surface area contributed by atoms with Gasteiger partial charge in [-0.1, -0.05) is 11.6 Å². The Kier molecular flexibility index (Phi) is 10.7. The van der Waals surface area contributed by atoms with Crippen molar-refractivity contribution in [2.45, 2.75) is 11.1 Å². The van der Waals surface area contributed by atoms with Gasteiger partial charge in [0.25, 0.3) is 15.9 Å². The summed E-state index contributed by atoms with van der Waals surface area (Å²) in [4.78, 5) is 28.1. The van der Waals surface area contributed by atoms with Gasteiger partial charge < -0.3 is 29.9 Å². The van der Waals surface area contributed by atoms with E-state index in [9.17, 15) is 26.4 Å². The number of hydrogen-bond acceptors (Lipinski definition) is 8. The Morgan fingerprint density at radius 1 is 1.02 bits per heavy atom. The number of aliphatic carboxylic acids is 1. The highest BCUT2D eigenvalue weighted by molar-refractivity contribution is 7.92. The largest absolute Gasteiger partial charge is 0.495 e. The molecule has 3 N–H and O–H groups in total. The van der Waals surface area contributed by atoms with E-state index >= 15 is 0 Å². The molecule has 2 aromatic rings. The highest BCUT2D eigenvalue weighted by Crippen LogP contribution is 2.33. The second-order valence-electron chi connectivity index (χ2n) is 9.27. The first kappa shape index (κ1) is 32.2. The Hall–Kier alpha value is -3.27. The van der Waals surface area contributed by atoms with E-state index in [1.165, 1.54) is 19.2 Å². The zero-order chi connectivity index (χ0) is 30.4. The molecule has 0 unspecified atom stereocenters. The lowest BCUT2D eigenvalue weighted by molar-refractivity contribution is -0.192. The standard InChI is InChI=1S/C23H30ClN5O4S.C2HF3O2/c1-27-11-13-29(14-12-27)23(30)17-3-5-20(28-9-7-25-8-10-28)19(15-17)26-34(31,32)22-16-18(24)4-6-21(22)33-2;3-2(4,5)1(6)7/h3-6,15-16,25-26H,7-14H2,1-2H3;(H,6,7). The third-order valence-electron chi connectivity index (χ3n) is 6.39. The van der Waals surface area contributed by atoms with E-state index < -0.39 is 22.2 Å². The number of likely N-dealkylation sites (N-methyl/N-ethyl adjacent to an activating group) is 1. The molecule has 11 nitrogen and oxygen atoms in total. The van der Waals surface area contributed by atoms with Crippen LogP contribution < -0.4 is 19.7 Å². The number of sulfonamides is 1. The van der Waals surface area contributed by atoms with Gasteiger partial charge in [-0.15, -0.1) is 0 Å². The summed E-state index contributed by atoms with van der Waals surface area (Å²) in [6, 6.07) is 9.67. The molecule has 4 rings (SSSR count). The van der Waals surface area contributed by atoms with E-state index in [0.717, 1.165) is 45.0 Å². The first-order chi connectivity index (χ1) is 19.2. The van der Waals surface area contributed by atoms with Crippen molar-refractivity contribution in [2.75, 3.05) is 76.1 Å². The van der Waals surface area contributed by atoms with Crippen LogP contribution in [0.2, 0.25) is 5.02 Å². The van der Waals surface area contributed by atoms with E-state index in [-0.39, 0.29) is 21.6 Å². The lowest BCUT2D eigenvalue weighted by atomic mass is 10.1. The van der Waals surface area contributed by atoms with Crippen LogP contribution in [0.25, 0.3) is 0 Å². The molecule has 16 heteroatoms. The SMILES string of the molecule is COc1ccc(Cl)cc1S(=O)(=O)Nc1cc(C(=O)N2CCN(C)CC2)ccc1N1CCNCC1.O=C(O)C(F)(F)F. The lowest BCUT2D eigenvalue weighted by Gasteiger charge is -2.33. The van der Waals surface area contributed by atoms with Gasteiger partial charge in [0.2, 0.25) is 0 Å². The van der Waals surface area contributed by atoms with Gasteiger partial charge in [-0.25, -0.2) is 13.2 Å². The zero-order valence-corrected chi connectivity index (χ0v) is 23.9. The van der Waals surface area contributed by atoms with Crippen molar-refractivity contribution in [3.63, 3.8) is 0 Å². The molecule has 0 saturated carbocycles. The highest BCUT2D eigenvalue weighted by atomic mass is 35.5. The summed E-state index contributed by atoms with van der Waals surface area (Å²) in [7, 11) is -0.612. The fourth-order valence-corrected chi connectivity index (χ4v) is 5.68. The van der Waals surface area contributed by atoms with Gasteiger partial charge in [0.1, 0.15) is 10.6 Å². The number of carbonyl (C=O) groups is 2. The summed E-state index contributed by atoms with van der Waals surface area (Å²) in [6.07, 6.45) is -5.08. The maximum Gasteiger partial charge on any atom is 0.490 e. The molecule has 0 spiro atoms. The van der Waals surface area contributed by atoms with Crippen LogP contribution in [0.1, 0.15) is 10.4 Å². The molecule has 2 saturated heterocycles. The van der Waals surface area contributed by atoms with Crippen molar-refractivity contribution < 1.29 is 41.0 Å². The van der Waals surface area contributed by atoms with Gasteiger partial charge in [-0.2, -0.15) is 13.2 Å². The summed E-state index contributed by atoms with van der Waals surface area (Å²) in [5.74, 6) is -2.68. The fraction of sp³-hybridized carbons (Fsp3) is 0.440. The molecule has 0 radical (unpaired) electrons. The minimum atomic E-state index is -5.08. The van der Waals surface area contributed by atoms with Crippen molar-refractivity contribution >= 4 is 44.9 Å². The van der Waals surface area contributed by atoms with Gasteiger partial charge in [-0.05, 0) is 43.4 Å². The monoisotopic (exact) mass is 621 g/mol. The van der Waals surface area contributed by atoms with E-state index in [1.54, 1.807) is 23.1 Å². The van der Waals surface area contributed by atoms with Crippen molar-refractivity contribution in [3.05, 3.63) is 47.0 Å². The molecule has 0 bridgehead atoms. The molecule has 1 amide bonds. The number of carboxylic acid groups (broad SMARTS) is 1. The number of halogens is 4. The Morgan fingerprint density at radius 2 is 1.63 bits per heavy atom. The molecule has 226 valence electrons. The number of rotatable bonds is 6. The molecule has 2 fully saturated rings. The number of benzene rings is 2. The fourth-order valence-electron chi connectivity index (χ4n) is 4.18. The molecule has 2 aliphatic heterocycles. The van der Waals surface area contributed by atoms with Crippen molar-refractivity contribution in [1.82, 2.24) is 15.1 Å². The number of nitrogens with zero attached hydrogens (tertiary/aromatic N) is 3. The summed E-state index contributed by atoms with van der Waals surface area (Å²) in [6.45, 7) is 5.90. The van der Waals surface area contributed by atoms with E-state index in [1.807, 2.05) is 13.1 Å². The van der Waals surface area contributed by atoms with Crippen molar-refractivity contribution in [3.8, 4) is 5.75 Å². The molecular weight excluding hydrogens is 591 g/mol. The number of carboxylic acids is 1. The second-order valence-corrected chi connectivity index (χ2v) is 11.4. The van der Waals surface area contributed by atoms with E-state index in [0.29, 0.717) is 24.3 Å². The normalized spacial score (nSPS) is 16.4. The molecular formula is C25H31ClF3N5O6S. The number of anilines is 2. The molecule has 2 heterocycles. The van der Waals surface area contributed by atoms with E-state index in [4.69, 9.17) is 26.2 Å². The summed E-state index contributed by atoms with van der Waals surface area (Å²) >= 11 is 6.08. The van der Waals surface area contributed by atoms with Crippen LogP contribution in [0, 0.1) is 0 Å². The Balaban J connectivity index is 0.000000587. The zero-order valence-electron chi connectivity index (χ0n) is 22.4. The molecule has 41 heavy (non-hydrogen) atoms. The predicted molar refractivity (Wildman–Crippen MR) is 147 cm³/mol. The molecule has 2 aromatic carbocycles. The third-order valence-corrected chi connectivity index (χ3v) is 8.02. The minimum absolute atomic E-state index is 0.0652. The van der Waals surface area contributed by atoms with Gasteiger partial charge in [0.15, 0.2) is 0 Å². The average Bonchev–Trinajstić information content (AvgIpc) is 2.93. The highest BCUT2D eigenvalue weighted by Gasteiger charge is 2.38. The summed E-state index contributed by atoms with van der Waals surface area (Å²) in [5.41, 5.74) is 1.52. The summed E-state index contributed by atoms with van der Waals surface area (Å²) in [5, 5.41) is 10.7. The van der Waals surface area contributed by atoms with Crippen LogP contribution in [0.5, 0.6) is 5.75 Å². The number of carbonyl (C=O) groups excluding carboxylic acids is 1. The van der Waals surface area contributed by atoms with Crippen LogP contribution in [-0.2, 0) is 14.8 Å². The smallest absolute Gasteiger partial charge is 0.490 e. The maximum absolute atomic E-state index is 13.4. The van der Waals surface area contributed by atoms with Gasteiger partial charge in [0.05, 0.1) is 18.5 Å². The van der Waals surface area contributed by atoms with Crippen molar-refractivity contribution in [2.24, 2.45) is 0 Å². The van der Waals surface area contributed by atoms with Crippen LogP contribution in [0.15, 0.2) is 41.3 Å². The lowest BCUT2D eigenvalue weighted by Crippen LogP contribution is -2.47. The molecule has 0 atom stereocenters. The maximum atomic E-state index is 13.4. The predicted octanol–water partition coefficient (Wildman–Crippen LogP) is 2.58. The Morgan fingerprint density at radius 3 is 2.20 bits per heavy atom. The van der Waals surface area contributed by atoms with Gasteiger partial charge in [-0.3, -0.25) is 9.52 Å². The first-order valence-electron chi connectivity index (χ1n) is 12.5. The van der Waals surface area contributed by atoms with Crippen molar-refractivity contribution in [1.29, 1.82) is 0 Å². The second kappa shape index (κ2) is 13.6. The number of ether oxygens (including phenoxy) is 1. The first-order valence-corrected chi connectivity index (χ1v) is 14.3. The Labute approximate surface area is 240 Å². The number of amides is 1. The third kappa shape index (κ3) is 8.61.